The first-order chi connectivity index (χ1) is 29.0. The van der Waals surface area contributed by atoms with Crippen LogP contribution in [0, 0.1) is 13.8 Å². The number of alkyl halides is 6. The molecule has 0 spiro atoms. The fourth-order valence-electron chi connectivity index (χ4n) is 7.71. The molecule has 2 aromatic carbocycles. The highest BCUT2D eigenvalue weighted by molar-refractivity contribution is 9.10. The van der Waals surface area contributed by atoms with Crippen LogP contribution in [0.3, 0.4) is 0 Å². The Morgan fingerprint density at radius 1 is 0.806 bits per heavy atom. The Kier molecular flexibility index (Phi) is 13.8. The second kappa shape index (κ2) is 18.2. The average molecular weight is 934 g/mol. The van der Waals surface area contributed by atoms with E-state index in [0.717, 1.165) is 73.2 Å². The lowest BCUT2D eigenvalue weighted by Crippen LogP contribution is -2.41. The largest absolute Gasteiger partial charge is 0.495 e. The van der Waals surface area contributed by atoms with Crippen LogP contribution in [-0.4, -0.2) is 61.9 Å². The van der Waals surface area contributed by atoms with Gasteiger partial charge >= 0.3 is 25.4 Å². The number of pyridine rings is 1. The zero-order valence-corrected chi connectivity index (χ0v) is 37.0. The molecule has 1 aliphatic heterocycles. The van der Waals surface area contributed by atoms with Crippen molar-refractivity contribution >= 4 is 62.1 Å². The molecule has 0 atom stereocenters. The zero-order chi connectivity index (χ0) is 45.4. The summed E-state index contributed by atoms with van der Waals surface area (Å²) in [5.41, 5.74) is -3.00. The summed E-state index contributed by atoms with van der Waals surface area (Å²) in [5.74, 6) is 1.41. The number of nitrogens with zero attached hydrogens (tertiary/aromatic N) is 5. The van der Waals surface area contributed by atoms with E-state index < -0.39 is 53.3 Å². The number of benzene rings is 2. The summed E-state index contributed by atoms with van der Waals surface area (Å²) < 4.78 is 96.6. The summed E-state index contributed by atoms with van der Waals surface area (Å²) in [5, 5.41) is 4.60. The van der Waals surface area contributed by atoms with Crippen LogP contribution in [0.15, 0.2) is 58.1 Å². The van der Waals surface area contributed by atoms with Crippen molar-refractivity contribution in [1.29, 1.82) is 0 Å². The second-order valence-electron chi connectivity index (χ2n) is 16.6. The number of ether oxygens (including phenoxy) is 1. The van der Waals surface area contributed by atoms with E-state index in [-0.39, 0.29) is 22.5 Å². The molecule has 8 rings (SSSR count). The average Bonchev–Trinajstić information content (AvgIpc) is 3.97. The van der Waals surface area contributed by atoms with Crippen molar-refractivity contribution in [3.63, 3.8) is 0 Å². The van der Waals surface area contributed by atoms with Crippen LogP contribution < -0.4 is 16.3 Å². The topological polar surface area (TPSA) is 130 Å². The number of methoxy groups -OCH3 is 1. The van der Waals surface area contributed by atoms with E-state index >= 15 is 0 Å². The van der Waals surface area contributed by atoms with Gasteiger partial charge in [0.15, 0.2) is 0 Å². The summed E-state index contributed by atoms with van der Waals surface area (Å²) in [4.78, 5) is 42.0. The zero-order valence-electron chi connectivity index (χ0n) is 35.4. The number of esters is 1. The molecule has 332 valence electrons. The molecule has 3 aromatic heterocycles. The van der Waals surface area contributed by atoms with Crippen LogP contribution in [0.4, 0.5) is 32.2 Å². The molecule has 0 radical (unpaired) electrons. The molecule has 19 heteroatoms. The second-order valence-corrected chi connectivity index (χ2v) is 17.5. The minimum Gasteiger partial charge on any atom is -0.465 e. The lowest BCUT2D eigenvalue weighted by atomic mass is 9.75. The number of fused-ring (bicyclic) bond motifs is 3. The molecule has 0 amide bonds. The van der Waals surface area contributed by atoms with Crippen LogP contribution in [0.25, 0.3) is 21.8 Å². The number of hydrogen-bond donors (Lipinski definition) is 1. The standard InChI is InChI=1S/C18H16F3N3O.C15H18BF3O4.C10H14BrN3/c1-10-22-9-15-13-7-6-11(18(19,20)21)8-14(13)17(25)24(16(15)23-10)12-4-2-3-5-12;1-13(2)14(3,4)23-16(22-13)11-7-6-9(15(17,18)19)8-10(11)12(20)21-5;1-7-12-6-9(11)10(13-7)14-8-4-2-3-5-8/h6-9,12H,2-5H2,1H3;6-8H,1-5H3;6,8H,2-5H2,1H3,(H,12,13,14). The minimum absolute atomic E-state index is 0.0248. The van der Waals surface area contributed by atoms with Gasteiger partial charge in [-0.25, -0.2) is 24.7 Å². The fraction of sp³-hybridized carbons (Fsp3) is 0.488. The summed E-state index contributed by atoms with van der Waals surface area (Å²) in [6, 6.07) is 6.71. The van der Waals surface area contributed by atoms with Crippen molar-refractivity contribution < 1.29 is 45.2 Å². The van der Waals surface area contributed by atoms with E-state index in [2.05, 4.69) is 45.9 Å². The number of rotatable bonds is 5. The maximum atomic E-state index is 13.1. The number of aromatic nitrogens is 5. The molecule has 3 aliphatic rings. The third kappa shape index (κ3) is 10.3. The molecule has 1 saturated heterocycles. The monoisotopic (exact) mass is 932 g/mol. The first-order valence-corrected chi connectivity index (χ1v) is 21.1. The molecule has 0 unspecified atom stereocenters. The Balaban J connectivity index is 0.000000161. The molecule has 2 saturated carbocycles. The Bertz CT molecular complexity index is 2490. The van der Waals surface area contributed by atoms with Gasteiger partial charge in [0.25, 0.3) is 5.56 Å². The molecule has 1 N–H and O–H groups in total. The quantitative estimate of drug-likeness (QED) is 0.0787. The molecule has 2 aliphatic carbocycles. The molecular weight excluding hydrogens is 885 g/mol. The highest BCUT2D eigenvalue weighted by Gasteiger charge is 2.53. The third-order valence-electron chi connectivity index (χ3n) is 11.7. The van der Waals surface area contributed by atoms with Gasteiger partial charge in [-0.05, 0) is 112 Å². The van der Waals surface area contributed by atoms with E-state index in [1.54, 1.807) is 23.9 Å². The van der Waals surface area contributed by atoms with Crippen LogP contribution in [-0.2, 0) is 26.4 Å². The van der Waals surface area contributed by atoms with Gasteiger partial charge in [0.2, 0.25) is 0 Å². The van der Waals surface area contributed by atoms with Crippen LogP contribution in [0.2, 0.25) is 0 Å². The smallest absolute Gasteiger partial charge is 0.465 e. The van der Waals surface area contributed by atoms with Crippen LogP contribution >= 0.6 is 15.9 Å². The first kappa shape index (κ1) is 46.9. The first-order valence-electron chi connectivity index (χ1n) is 20.3. The highest BCUT2D eigenvalue weighted by Crippen LogP contribution is 2.38. The van der Waals surface area contributed by atoms with Crippen LogP contribution in [0.5, 0.6) is 0 Å². The Morgan fingerprint density at radius 3 is 1.95 bits per heavy atom. The number of aryl methyl sites for hydroxylation is 2. The van der Waals surface area contributed by atoms with E-state index in [1.165, 1.54) is 37.8 Å². The van der Waals surface area contributed by atoms with Gasteiger partial charge in [0, 0.05) is 35.2 Å². The van der Waals surface area contributed by atoms with Crippen molar-refractivity contribution in [2.45, 2.75) is 129 Å². The van der Waals surface area contributed by atoms with Gasteiger partial charge in [-0.1, -0.05) is 43.9 Å². The summed E-state index contributed by atoms with van der Waals surface area (Å²) in [7, 11) is 0.160. The molecule has 62 heavy (non-hydrogen) atoms. The van der Waals surface area contributed by atoms with E-state index in [4.69, 9.17) is 9.31 Å². The van der Waals surface area contributed by atoms with E-state index in [1.807, 2.05) is 34.6 Å². The van der Waals surface area contributed by atoms with Gasteiger partial charge in [0.05, 0.1) is 39.5 Å². The van der Waals surface area contributed by atoms with Crippen molar-refractivity contribution in [1.82, 2.24) is 24.5 Å². The van der Waals surface area contributed by atoms with Gasteiger partial charge in [-0.15, -0.1) is 0 Å². The van der Waals surface area contributed by atoms with Crippen molar-refractivity contribution in [3.8, 4) is 0 Å². The van der Waals surface area contributed by atoms with Gasteiger partial charge in [-0.3, -0.25) is 9.36 Å². The molecule has 11 nitrogen and oxygen atoms in total. The van der Waals surface area contributed by atoms with Crippen molar-refractivity contribution in [3.05, 3.63) is 92.0 Å². The van der Waals surface area contributed by atoms with E-state index in [0.29, 0.717) is 28.3 Å². The maximum absolute atomic E-state index is 13.1. The van der Waals surface area contributed by atoms with Crippen molar-refractivity contribution in [2.24, 2.45) is 0 Å². The molecular formula is C43H48BBrF6N6O5. The summed E-state index contributed by atoms with van der Waals surface area (Å²) in [6.07, 6.45) is 3.22. The predicted molar refractivity (Wildman–Crippen MR) is 227 cm³/mol. The summed E-state index contributed by atoms with van der Waals surface area (Å²) >= 11 is 3.45. The van der Waals surface area contributed by atoms with E-state index in [9.17, 15) is 35.9 Å². The Labute approximate surface area is 363 Å². The number of carbonyl (C=O) groups excluding carboxylic acids is 1. The molecule has 0 bridgehead atoms. The number of halogens is 7. The third-order valence-corrected chi connectivity index (χ3v) is 12.3. The Morgan fingerprint density at radius 2 is 1.35 bits per heavy atom. The van der Waals surface area contributed by atoms with Crippen molar-refractivity contribution in [2.75, 3.05) is 12.4 Å². The van der Waals surface area contributed by atoms with Gasteiger partial charge < -0.3 is 19.4 Å². The number of hydrogen-bond acceptors (Lipinski definition) is 10. The number of carbonyl (C=O) groups is 1. The predicted octanol–water partition coefficient (Wildman–Crippen LogP) is 10.1. The number of nitrogens with one attached hydrogen (secondary N) is 1. The highest BCUT2D eigenvalue weighted by atomic mass is 79.9. The molecule has 4 heterocycles. The molecule has 5 aromatic rings. The molecule has 3 fully saturated rings. The van der Waals surface area contributed by atoms with Gasteiger partial charge in [-0.2, -0.15) is 26.3 Å². The minimum atomic E-state index is -4.56. The fourth-order valence-corrected chi connectivity index (χ4v) is 8.01. The number of anilines is 1. The Hall–Kier alpha value is -4.62. The lowest BCUT2D eigenvalue weighted by molar-refractivity contribution is -0.138. The van der Waals surface area contributed by atoms with Crippen LogP contribution in [0.1, 0.15) is 118 Å². The SMILES string of the molecule is COC(=O)c1cc(C(F)(F)F)ccc1B1OC(C)(C)C(C)(C)O1.Cc1ncc(Br)c(NC2CCCC2)n1.Cc1ncc2c3ccc(C(F)(F)F)cc3c(=O)n(C3CCCC3)c2n1. The maximum Gasteiger partial charge on any atom is 0.495 e. The normalized spacial score (nSPS) is 17.7. The lowest BCUT2D eigenvalue weighted by Gasteiger charge is -2.32. The van der Waals surface area contributed by atoms with Gasteiger partial charge in [0.1, 0.15) is 23.1 Å². The summed E-state index contributed by atoms with van der Waals surface area (Å²) in [6.45, 7) is 10.9.